The standard InChI is InChI=1S/C21H18F5N3O2/c1-29-10-17(19(28-29)16-7-6-15(22)8-18(16)23)20(30)27-9-13-2-4-14(5-3-13)11-31-12-21(24,25)26/h2-8,10H,9,11-12H2,1H3,(H,27,30). The van der Waals surface area contributed by atoms with Crippen LogP contribution in [0.2, 0.25) is 0 Å². The number of hydrogen-bond donors (Lipinski definition) is 1. The van der Waals surface area contributed by atoms with E-state index in [1.807, 2.05) is 0 Å². The third-order valence-corrected chi connectivity index (χ3v) is 4.27. The molecule has 0 spiro atoms. The first-order chi connectivity index (χ1) is 14.6. The molecule has 10 heteroatoms. The van der Waals surface area contributed by atoms with E-state index in [9.17, 15) is 26.7 Å². The zero-order chi connectivity index (χ0) is 22.6. The average Bonchev–Trinajstić information content (AvgIpc) is 3.07. The van der Waals surface area contributed by atoms with Gasteiger partial charge in [-0.2, -0.15) is 18.3 Å². The summed E-state index contributed by atoms with van der Waals surface area (Å²) in [6.45, 7) is -1.38. The Hall–Kier alpha value is -3.27. The van der Waals surface area contributed by atoms with Crippen LogP contribution in [0.3, 0.4) is 0 Å². The fraction of sp³-hybridized carbons (Fsp3) is 0.238. The average molecular weight is 439 g/mol. The van der Waals surface area contributed by atoms with Crippen LogP contribution in [-0.2, 0) is 24.9 Å². The number of nitrogens with one attached hydrogen (secondary N) is 1. The molecule has 1 heterocycles. The predicted molar refractivity (Wildman–Crippen MR) is 102 cm³/mol. The molecule has 0 atom stereocenters. The highest BCUT2D eigenvalue weighted by molar-refractivity contribution is 5.99. The maximum Gasteiger partial charge on any atom is 0.411 e. The monoisotopic (exact) mass is 439 g/mol. The van der Waals surface area contributed by atoms with E-state index >= 15 is 0 Å². The minimum Gasteiger partial charge on any atom is -0.367 e. The van der Waals surface area contributed by atoms with Crippen LogP contribution in [-0.4, -0.2) is 28.5 Å². The second kappa shape index (κ2) is 9.25. The van der Waals surface area contributed by atoms with Crippen LogP contribution in [0.25, 0.3) is 11.3 Å². The summed E-state index contributed by atoms with van der Waals surface area (Å²) in [5.74, 6) is -2.09. The molecule has 0 saturated carbocycles. The van der Waals surface area contributed by atoms with Gasteiger partial charge in [-0.05, 0) is 23.3 Å². The smallest absolute Gasteiger partial charge is 0.367 e. The van der Waals surface area contributed by atoms with Gasteiger partial charge in [-0.3, -0.25) is 9.48 Å². The normalized spacial score (nSPS) is 11.5. The second-order valence-corrected chi connectivity index (χ2v) is 6.80. The Balaban J connectivity index is 1.64. The lowest BCUT2D eigenvalue weighted by molar-refractivity contribution is -0.176. The minimum atomic E-state index is -4.38. The van der Waals surface area contributed by atoms with Gasteiger partial charge in [0.15, 0.2) is 0 Å². The molecule has 3 aromatic rings. The van der Waals surface area contributed by atoms with Crippen LogP contribution in [0.4, 0.5) is 22.0 Å². The van der Waals surface area contributed by atoms with Gasteiger partial charge in [0.05, 0.1) is 12.2 Å². The molecule has 1 aromatic heterocycles. The number of halogens is 5. The summed E-state index contributed by atoms with van der Waals surface area (Å²) in [7, 11) is 1.57. The largest absolute Gasteiger partial charge is 0.411 e. The number of aromatic nitrogens is 2. The Bertz CT molecular complexity index is 1060. The zero-order valence-electron chi connectivity index (χ0n) is 16.3. The van der Waals surface area contributed by atoms with E-state index in [1.165, 1.54) is 16.9 Å². The number of carbonyl (C=O) groups is 1. The topological polar surface area (TPSA) is 56.2 Å². The van der Waals surface area contributed by atoms with Crippen LogP contribution in [0, 0.1) is 11.6 Å². The van der Waals surface area contributed by atoms with Gasteiger partial charge in [-0.25, -0.2) is 8.78 Å². The quantitative estimate of drug-likeness (QED) is 0.556. The molecule has 31 heavy (non-hydrogen) atoms. The molecular weight excluding hydrogens is 421 g/mol. The Kier molecular flexibility index (Phi) is 6.69. The highest BCUT2D eigenvalue weighted by Crippen LogP contribution is 2.25. The summed E-state index contributed by atoms with van der Waals surface area (Å²) in [5.41, 5.74) is 1.45. The number of amides is 1. The maximum atomic E-state index is 14.1. The minimum absolute atomic E-state index is 0.00430. The SMILES string of the molecule is Cn1cc(C(=O)NCc2ccc(COCC(F)(F)F)cc2)c(-c2ccc(F)cc2F)n1. The predicted octanol–water partition coefficient (Wildman–Crippen LogP) is 4.37. The summed E-state index contributed by atoms with van der Waals surface area (Å²) < 4.78 is 69.6. The van der Waals surface area contributed by atoms with Gasteiger partial charge in [0.1, 0.15) is 23.9 Å². The zero-order valence-corrected chi connectivity index (χ0v) is 16.3. The van der Waals surface area contributed by atoms with Crippen molar-refractivity contribution in [2.45, 2.75) is 19.3 Å². The number of hydrogen-bond acceptors (Lipinski definition) is 3. The van der Waals surface area contributed by atoms with Crippen molar-refractivity contribution in [2.75, 3.05) is 6.61 Å². The van der Waals surface area contributed by atoms with Crippen LogP contribution in [0.5, 0.6) is 0 Å². The highest BCUT2D eigenvalue weighted by atomic mass is 19.4. The molecule has 0 aliphatic heterocycles. The molecule has 2 aromatic carbocycles. The lowest BCUT2D eigenvalue weighted by Crippen LogP contribution is -2.23. The molecule has 164 valence electrons. The van der Waals surface area contributed by atoms with E-state index in [0.717, 1.165) is 6.07 Å². The number of carbonyl (C=O) groups excluding carboxylic acids is 1. The third kappa shape index (κ3) is 6.11. The van der Waals surface area contributed by atoms with Crippen LogP contribution < -0.4 is 5.32 Å². The number of aryl methyl sites for hydroxylation is 1. The van der Waals surface area contributed by atoms with Gasteiger partial charge >= 0.3 is 6.18 Å². The van der Waals surface area contributed by atoms with E-state index in [4.69, 9.17) is 0 Å². The van der Waals surface area contributed by atoms with Gasteiger partial charge in [0.25, 0.3) is 5.91 Å². The maximum absolute atomic E-state index is 14.1. The van der Waals surface area contributed by atoms with E-state index in [-0.39, 0.29) is 30.0 Å². The first-order valence-electron chi connectivity index (χ1n) is 9.12. The summed E-state index contributed by atoms with van der Waals surface area (Å²) >= 11 is 0. The first-order valence-corrected chi connectivity index (χ1v) is 9.12. The van der Waals surface area contributed by atoms with Gasteiger partial charge < -0.3 is 10.1 Å². The van der Waals surface area contributed by atoms with E-state index in [0.29, 0.717) is 17.2 Å². The van der Waals surface area contributed by atoms with Gasteiger partial charge in [-0.1, -0.05) is 24.3 Å². The lowest BCUT2D eigenvalue weighted by Gasteiger charge is -2.09. The Labute approximate surface area is 174 Å². The summed E-state index contributed by atoms with van der Waals surface area (Å²) in [6.07, 6.45) is -2.96. The number of alkyl halides is 3. The van der Waals surface area contributed by atoms with Crippen LogP contribution >= 0.6 is 0 Å². The molecule has 0 aliphatic rings. The Morgan fingerprint density at radius 1 is 1.10 bits per heavy atom. The molecule has 0 fully saturated rings. The van der Waals surface area contributed by atoms with Crippen molar-refractivity contribution < 1.29 is 31.5 Å². The van der Waals surface area contributed by atoms with Crippen molar-refractivity contribution in [3.63, 3.8) is 0 Å². The molecule has 0 aliphatic carbocycles. The molecule has 1 N–H and O–H groups in total. The van der Waals surface area contributed by atoms with Crippen molar-refractivity contribution in [1.82, 2.24) is 15.1 Å². The van der Waals surface area contributed by atoms with Gasteiger partial charge in [-0.15, -0.1) is 0 Å². The summed E-state index contributed by atoms with van der Waals surface area (Å²) in [5, 5.41) is 6.79. The lowest BCUT2D eigenvalue weighted by atomic mass is 10.1. The molecule has 5 nitrogen and oxygen atoms in total. The third-order valence-electron chi connectivity index (χ3n) is 4.27. The van der Waals surface area contributed by atoms with E-state index < -0.39 is 30.3 Å². The fourth-order valence-electron chi connectivity index (χ4n) is 2.85. The second-order valence-electron chi connectivity index (χ2n) is 6.80. The number of nitrogens with zero attached hydrogens (tertiary/aromatic N) is 2. The number of ether oxygens (including phenoxy) is 1. The first kappa shape index (κ1) is 22.4. The molecule has 0 radical (unpaired) electrons. The van der Waals surface area contributed by atoms with Crippen molar-refractivity contribution in [2.24, 2.45) is 7.05 Å². The number of rotatable bonds is 7. The molecule has 0 saturated heterocycles. The van der Waals surface area contributed by atoms with Crippen molar-refractivity contribution in [1.29, 1.82) is 0 Å². The van der Waals surface area contributed by atoms with Crippen molar-refractivity contribution >= 4 is 5.91 Å². The molecular formula is C21H18F5N3O2. The molecule has 0 bridgehead atoms. The summed E-state index contributed by atoms with van der Waals surface area (Å²) in [4.78, 5) is 12.6. The Morgan fingerprint density at radius 2 is 1.77 bits per heavy atom. The number of benzene rings is 2. The van der Waals surface area contributed by atoms with Crippen molar-refractivity contribution in [3.05, 3.63) is 77.0 Å². The van der Waals surface area contributed by atoms with Gasteiger partial charge in [0, 0.05) is 31.4 Å². The van der Waals surface area contributed by atoms with E-state index in [1.54, 1.807) is 31.3 Å². The fourth-order valence-corrected chi connectivity index (χ4v) is 2.85. The van der Waals surface area contributed by atoms with Crippen LogP contribution in [0.1, 0.15) is 21.5 Å². The molecule has 3 rings (SSSR count). The summed E-state index contributed by atoms with van der Waals surface area (Å²) in [6, 6.07) is 9.50. The van der Waals surface area contributed by atoms with Crippen LogP contribution in [0.15, 0.2) is 48.7 Å². The highest BCUT2D eigenvalue weighted by Gasteiger charge is 2.27. The van der Waals surface area contributed by atoms with E-state index in [2.05, 4.69) is 15.2 Å². The van der Waals surface area contributed by atoms with Gasteiger partial charge in [0.2, 0.25) is 0 Å². The molecule has 1 amide bonds. The van der Waals surface area contributed by atoms with Crippen molar-refractivity contribution in [3.8, 4) is 11.3 Å². The molecule has 0 unspecified atom stereocenters. The Morgan fingerprint density at radius 3 is 2.42 bits per heavy atom.